The fraction of sp³-hybridized carbons (Fsp3) is 0.350. The highest BCUT2D eigenvalue weighted by atomic mass is 16.5. The number of carbonyl (C=O) groups is 1. The molecule has 0 heterocycles. The molecule has 24 heavy (non-hydrogen) atoms. The zero-order valence-corrected chi connectivity index (χ0v) is 14.6. The summed E-state index contributed by atoms with van der Waals surface area (Å²) in [5, 5.41) is 6.18. The largest absolute Gasteiger partial charge is 0.492 e. The number of amides is 1. The van der Waals surface area contributed by atoms with E-state index in [1.54, 1.807) is 0 Å². The van der Waals surface area contributed by atoms with Crippen molar-refractivity contribution in [3.8, 4) is 5.75 Å². The number of ether oxygens (including phenoxy) is 1. The topological polar surface area (TPSA) is 50.4 Å². The highest BCUT2D eigenvalue weighted by molar-refractivity contribution is 5.91. The molecule has 1 amide bonds. The summed E-state index contributed by atoms with van der Waals surface area (Å²) in [7, 11) is 0. The van der Waals surface area contributed by atoms with Gasteiger partial charge >= 0.3 is 0 Å². The molecular formula is C20H26N2O2. The summed E-state index contributed by atoms with van der Waals surface area (Å²) in [5.41, 5.74) is 3.01. The Hall–Kier alpha value is -2.49. The van der Waals surface area contributed by atoms with Crippen LogP contribution in [0.5, 0.6) is 5.75 Å². The predicted molar refractivity (Wildman–Crippen MR) is 99.9 cm³/mol. The number of para-hydroxylation sites is 2. The van der Waals surface area contributed by atoms with Crippen LogP contribution < -0.4 is 15.4 Å². The van der Waals surface area contributed by atoms with E-state index in [9.17, 15) is 4.79 Å². The molecule has 2 aromatic carbocycles. The SMILES string of the molecule is CCOc1ccccc1NCCC(=O)Nc1ccc(C(C)C)cc1. The van der Waals surface area contributed by atoms with Crippen molar-refractivity contribution in [3.63, 3.8) is 0 Å². The van der Waals surface area contributed by atoms with Crippen LogP contribution in [0.4, 0.5) is 11.4 Å². The van der Waals surface area contributed by atoms with Crippen molar-refractivity contribution >= 4 is 17.3 Å². The molecule has 0 atom stereocenters. The van der Waals surface area contributed by atoms with Crippen LogP contribution in [0.15, 0.2) is 48.5 Å². The molecule has 0 saturated heterocycles. The first-order chi connectivity index (χ1) is 11.6. The van der Waals surface area contributed by atoms with E-state index in [-0.39, 0.29) is 5.91 Å². The van der Waals surface area contributed by atoms with E-state index in [0.717, 1.165) is 17.1 Å². The van der Waals surface area contributed by atoms with Crippen LogP contribution in [-0.2, 0) is 4.79 Å². The lowest BCUT2D eigenvalue weighted by Gasteiger charge is -2.12. The Morgan fingerprint density at radius 3 is 2.46 bits per heavy atom. The maximum Gasteiger partial charge on any atom is 0.226 e. The molecule has 0 aromatic heterocycles. The van der Waals surface area contributed by atoms with Gasteiger partial charge in [0.25, 0.3) is 0 Å². The summed E-state index contributed by atoms with van der Waals surface area (Å²) in [6.45, 7) is 7.43. The van der Waals surface area contributed by atoms with Crippen LogP contribution in [-0.4, -0.2) is 19.1 Å². The lowest BCUT2D eigenvalue weighted by molar-refractivity contribution is -0.115. The van der Waals surface area contributed by atoms with Gasteiger partial charge in [-0.25, -0.2) is 0 Å². The zero-order valence-electron chi connectivity index (χ0n) is 14.6. The van der Waals surface area contributed by atoms with Gasteiger partial charge in [-0.15, -0.1) is 0 Å². The molecule has 4 nitrogen and oxygen atoms in total. The van der Waals surface area contributed by atoms with E-state index in [1.165, 1.54) is 5.56 Å². The molecule has 0 radical (unpaired) electrons. The van der Waals surface area contributed by atoms with Crippen molar-refractivity contribution in [3.05, 3.63) is 54.1 Å². The molecule has 0 spiro atoms. The summed E-state index contributed by atoms with van der Waals surface area (Å²) < 4.78 is 5.56. The molecule has 0 bridgehead atoms. The van der Waals surface area contributed by atoms with Gasteiger partial charge in [0.1, 0.15) is 5.75 Å². The smallest absolute Gasteiger partial charge is 0.226 e. The maximum atomic E-state index is 12.0. The molecule has 0 aliphatic carbocycles. The molecular weight excluding hydrogens is 300 g/mol. The molecule has 2 N–H and O–H groups in total. The number of anilines is 2. The number of hydrogen-bond donors (Lipinski definition) is 2. The number of benzene rings is 2. The van der Waals surface area contributed by atoms with E-state index in [4.69, 9.17) is 4.74 Å². The van der Waals surface area contributed by atoms with Gasteiger partial charge in [0.05, 0.1) is 12.3 Å². The number of rotatable bonds is 8. The average Bonchev–Trinajstić information content (AvgIpc) is 2.57. The van der Waals surface area contributed by atoms with Crippen molar-refractivity contribution < 1.29 is 9.53 Å². The minimum atomic E-state index is -0.00584. The average molecular weight is 326 g/mol. The monoisotopic (exact) mass is 326 g/mol. The molecule has 0 aliphatic rings. The van der Waals surface area contributed by atoms with E-state index in [1.807, 2.05) is 43.3 Å². The highest BCUT2D eigenvalue weighted by Gasteiger charge is 2.05. The first-order valence-electron chi connectivity index (χ1n) is 8.45. The minimum Gasteiger partial charge on any atom is -0.492 e. The van der Waals surface area contributed by atoms with E-state index < -0.39 is 0 Å². The summed E-state index contributed by atoms with van der Waals surface area (Å²) in [5.74, 6) is 1.29. The number of hydrogen-bond acceptors (Lipinski definition) is 3. The Bertz CT molecular complexity index is 651. The summed E-state index contributed by atoms with van der Waals surface area (Å²) in [6, 6.07) is 15.8. The van der Waals surface area contributed by atoms with Crippen LogP contribution in [0.25, 0.3) is 0 Å². The van der Waals surface area contributed by atoms with Gasteiger partial charge in [0, 0.05) is 18.7 Å². The molecule has 0 saturated carbocycles. The van der Waals surface area contributed by atoms with Gasteiger partial charge in [-0.05, 0) is 42.7 Å². The Morgan fingerprint density at radius 2 is 1.79 bits per heavy atom. The summed E-state index contributed by atoms with van der Waals surface area (Å²) in [4.78, 5) is 12.0. The fourth-order valence-electron chi connectivity index (χ4n) is 2.38. The van der Waals surface area contributed by atoms with Gasteiger partial charge in [-0.2, -0.15) is 0 Å². The molecule has 0 unspecified atom stereocenters. The third kappa shape index (κ3) is 5.30. The molecule has 0 aliphatic heterocycles. The second kappa shape index (κ2) is 8.96. The lowest BCUT2D eigenvalue weighted by Crippen LogP contribution is -2.16. The van der Waals surface area contributed by atoms with Crippen LogP contribution in [0, 0.1) is 0 Å². The molecule has 128 valence electrons. The first-order valence-corrected chi connectivity index (χ1v) is 8.45. The second-order valence-corrected chi connectivity index (χ2v) is 5.93. The van der Waals surface area contributed by atoms with Crippen LogP contribution in [0.3, 0.4) is 0 Å². The lowest BCUT2D eigenvalue weighted by atomic mass is 10.0. The Labute approximate surface area is 144 Å². The normalized spacial score (nSPS) is 10.5. The van der Waals surface area contributed by atoms with Crippen LogP contribution in [0.1, 0.15) is 38.7 Å². The number of nitrogens with one attached hydrogen (secondary N) is 2. The first kappa shape index (κ1) is 17.9. The zero-order chi connectivity index (χ0) is 17.4. The standard InChI is InChI=1S/C20H26N2O2/c1-4-24-19-8-6-5-7-18(19)21-14-13-20(23)22-17-11-9-16(10-12-17)15(2)3/h5-12,15,21H,4,13-14H2,1-3H3,(H,22,23). The van der Waals surface area contributed by atoms with Gasteiger partial charge in [-0.3, -0.25) is 4.79 Å². The van der Waals surface area contributed by atoms with E-state index >= 15 is 0 Å². The quantitative estimate of drug-likeness (QED) is 0.742. The van der Waals surface area contributed by atoms with Gasteiger partial charge in [-0.1, -0.05) is 38.1 Å². The Morgan fingerprint density at radius 1 is 1.08 bits per heavy atom. The molecule has 0 fully saturated rings. The van der Waals surface area contributed by atoms with Crippen molar-refractivity contribution in [1.82, 2.24) is 0 Å². The fourth-order valence-corrected chi connectivity index (χ4v) is 2.38. The van der Waals surface area contributed by atoms with E-state index in [2.05, 4.69) is 36.6 Å². The second-order valence-electron chi connectivity index (χ2n) is 5.93. The Balaban J connectivity index is 1.81. The highest BCUT2D eigenvalue weighted by Crippen LogP contribution is 2.23. The van der Waals surface area contributed by atoms with Crippen molar-refractivity contribution in [2.24, 2.45) is 0 Å². The maximum absolute atomic E-state index is 12.0. The third-order valence-electron chi connectivity index (χ3n) is 3.72. The van der Waals surface area contributed by atoms with Gasteiger partial charge in [0.15, 0.2) is 0 Å². The summed E-state index contributed by atoms with van der Waals surface area (Å²) in [6.07, 6.45) is 0.395. The molecule has 4 heteroatoms. The summed E-state index contributed by atoms with van der Waals surface area (Å²) >= 11 is 0. The Kier molecular flexibility index (Phi) is 6.67. The van der Waals surface area contributed by atoms with Crippen molar-refractivity contribution in [1.29, 1.82) is 0 Å². The predicted octanol–water partition coefficient (Wildman–Crippen LogP) is 4.65. The minimum absolute atomic E-state index is 0.00584. The molecule has 2 rings (SSSR count). The van der Waals surface area contributed by atoms with Crippen LogP contribution >= 0.6 is 0 Å². The third-order valence-corrected chi connectivity index (χ3v) is 3.72. The van der Waals surface area contributed by atoms with Crippen molar-refractivity contribution in [2.45, 2.75) is 33.1 Å². The van der Waals surface area contributed by atoms with Gasteiger partial charge < -0.3 is 15.4 Å². The van der Waals surface area contributed by atoms with Crippen molar-refractivity contribution in [2.75, 3.05) is 23.8 Å². The molecule has 2 aromatic rings. The van der Waals surface area contributed by atoms with Crippen LogP contribution in [0.2, 0.25) is 0 Å². The van der Waals surface area contributed by atoms with E-state index in [0.29, 0.717) is 25.5 Å². The van der Waals surface area contributed by atoms with Gasteiger partial charge in [0.2, 0.25) is 5.91 Å². The number of carbonyl (C=O) groups excluding carboxylic acids is 1.